The fraction of sp³-hybridized carbons (Fsp3) is 0.381. The first-order chi connectivity index (χ1) is 12.8. The van der Waals surface area contributed by atoms with Crippen LogP contribution in [0.15, 0.2) is 54.6 Å². The van der Waals surface area contributed by atoms with Gasteiger partial charge in [-0.2, -0.15) is 13.2 Å². The molecule has 2 aliphatic heterocycles. The molecule has 1 aliphatic carbocycles. The van der Waals surface area contributed by atoms with E-state index < -0.39 is 17.6 Å². The monoisotopic (exact) mass is 374 g/mol. The second-order valence-electron chi connectivity index (χ2n) is 7.65. The smallest absolute Gasteiger partial charge is 0.343 e. The van der Waals surface area contributed by atoms with Crippen LogP contribution in [0.1, 0.15) is 40.4 Å². The molecule has 2 saturated heterocycles. The molecule has 3 nitrogen and oxygen atoms in total. The van der Waals surface area contributed by atoms with Gasteiger partial charge in [-0.25, -0.2) is 0 Å². The summed E-state index contributed by atoms with van der Waals surface area (Å²) in [7, 11) is 2.05. The zero-order valence-electron chi connectivity index (χ0n) is 15.0. The number of fused-ring (bicyclic) bond motifs is 1. The largest absolute Gasteiger partial charge is 0.416 e. The van der Waals surface area contributed by atoms with Gasteiger partial charge in [-0.05, 0) is 49.6 Å². The second-order valence-corrected chi connectivity index (χ2v) is 7.65. The van der Waals surface area contributed by atoms with Crippen molar-refractivity contribution in [2.24, 2.45) is 5.92 Å². The molecule has 2 aromatic carbocycles. The number of amides is 1. The van der Waals surface area contributed by atoms with Crippen molar-refractivity contribution in [2.45, 2.75) is 30.6 Å². The van der Waals surface area contributed by atoms with Gasteiger partial charge in [0.15, 0.2) is 0 Å². The molecule has 1 N–H and O–H groups in total. The van der Waals surface area contributed by atoms with Crippen LogP contribution in [0.4, 0.5) is 13.2 Å². The van der Waals surface area contributed by atoms with E-state index in [1.54, 1.807) is 0 Å². The summed E-state index contributed by atoms with van der Waals surface area (Å²) in [5.74, 6) is 0.153. The Kier molecular flexibility index (Phi) is 4.26. The van der Waals surface area contributed by atoms with Crippen LogP contribution in [0.3, 0.4) is 0 Å². The zero-order valence-corrected chi connectivity index (χ0v) is 15.0. The van der Waals surface area contributed by atoms with Gasteiger partial charge in [0.1, 0.15) is 0 Å². The highest BCUT2D eigenvalue weighted by Crippen LogP contribution is 2.55. The Balaban J connectivity index is 1.64. The maximum atomic E-state index is 13.0. The standard InChI is InChI=1S/C21H21F3N2O/c1-26-13-14-11-20(26,12-14)18(15-6-3-2-4-7-15)25-19(27)16-8-5-9-17(10-16)21(22,23)24/h2-10,14,18H,11-13H2,1H3,(H,25,27). The molecule has 1 saturated carbocycles. The van der Waals surface area contributed by atoms with E-state index in [0.717, 1.165) is 37.1 Å². The van der Waals surface area contributed by atoms with Crippen LogP contribution in [0, 0.1) is 5.92 Å². The molecule has 1 atom stereocenters. The van der Waals surface area contributed by atoms with Gasteiger partial charge >= 0.3 is 6.18 Å². The van der Waals surface area contributed by atoms with E-state index in [4.69, 9.17) is 0 Å². The van der Waals surface area contributed by atoms with Crippen molar-refractivity contribution in [3.05, 3.63) is 71.3 Å². The van der Waals surface area contributed by atoms with E-state index in [1.807, 2.05) is 30.3 Å². The predicted molar refractivity (Wildman–Crippen MR) is 96.2 cm³/mol. The molecule has 0 radical (unpaired) electrons. The van der Waals surface area contributed by atoms with E-state index >= 15 is 0 Å². The Morgan fingerprint density at radius 3 is 2.44 bits per heavy atom. The minimum atomic E-state index is -4.47. The van der Waals surface area contributed by atoms with Gasteiger partial charge in [0.25, 0.3) is 5.91 Å². The normalized spacial score (nSPS) is 25.7. The fourth-order valence-electron chi connectivity index (χ4n) is 4.63. The Bertz CT molecular complexity index is 844. The molecule has 6 heteroatoms. The van der Waals surface area contributed by atoms with Crippen LogP contribution in [0.5, 0.6) is 0 Å². The van der Waals surface area contributed by atoms with Crippen LogP contribution < -0.4 is 5.32 Å². The number of rotatable bonds is 4. The lowest BCUT2D eigenvalue weighted by Crippen LogP contribution is -2.55. The number of halogens is 3. The average Bonchev–Trinajstić information content (AvgIpc) is 3.11. The van der Waals surface area contributed by atoms with Crippen molar-refractivity contribution >= 4 is 5.91 Å². The van der Waals surface area contributed by atoms with Crippen LogP contribution in [-0.2, 0) is 6.18 Å². The van der Waals surface area contributed by atoms with Gasteiger partial charge < -0.3 is 5.32 Å². The molecule has 142 valence electrons. The zero-order chi connectivity index (χ0) is 19.2. The molecule has 1 unspecified atom stereocenters. The molecule has 0 aromatic heterocycles. The van der Waals surface area contributed by atoms with E-state index in [2.05, 4.69) is 17.3 Å². The Labute approximate surface area is 156 Å². The number of hydrogen-bond acceptors (Lipinski definition) is 2. The number of hydrogen-bond donors (Lipinski definition) is 1. The van der Waals surface area contributed by atoms with E-state index in [1.165, 1.54) is 12.1 Å². The number of benzene rings is 2. The minimum Gasteiger partial charge on any atom is -0.343 e. The van der Waals surface area contributed by atoms with Crippen molar-refractivity contribution in [2.75, 3.05) is 13.6 Å². The van der Waals surface area contributed by atoms with Crippen molar-refractivity contribution in [3.8, 4) is 0 Å². The Morgan fingerprint density at radius 2 is 1.85 bits per heavy atom. The summed E-state index contributed by atoms with van der Waals surface area (Å²) >= 11 is 0. The Hall–Kier alpha value is -2.34. The minimum absolute atomic E-state index is 0.0266. The summed E-state index contributed by atoms with van der Waals surface area (Å²) in [6.45, 7) is 0.989. The van der Waals surface area contributed by atoms with Crippen LogP contribution in [-0.4, -0.2) is 29.9 Å². The lowest BCUT2D eigenvalue weighted by molar-refractivity contribution is -0.137. The van der Waals surface area contributed by atoms with Gasteiger partial charge in [-0.15, -0.1) is 0 Å². The van der Waals surface area contributed by atoms with Gasteiger partial charge in [0.2, 0.25) is 0 Å². The molecule has 27 heavy (non-hydrogen) atoms. The fourth-order valence-corrected chi connectivity index (χ4v) is 4.63. The van der Waals surface area contributed by atoms with Crippen molar-refractivity contribution < 1.29 is 18.0 Å². The lowest BCUT2D eigenvalue weighted by atomic mass is 9.67. The highest BCUT2D eigenvalue weighted by atomic mass is 19.4. The molecule has 2 heterocycles. The molecule has 2 aromatic rings. The highest BCUT2D eigenvalue weighted by Gasteiger charge is 2.59. The third kappa shape index (κ3) is 3.12. The van der Waals surface area contributed by atoms with Crippen molar-refractivity contribution in [1.82, 2.24) is 10.2 Å². The number of likely N-dealkylation sites (N-methyl/N-ethyl adjacent to an activating group) is 1. The first kappa shape index (κ1) is 18.0. The van der Waals surface area contributed by atoms with Gasteiger partial charge in [-0.1, -0.05) is 36.4 Å². The number of carbonyl (C=O) groups excluding carboxylic acids is 1. The summed E-state index contributed by atoms with van der Waals surface area (Å²) < 4.78 is 39.0. The molecule has 2 bridgehead atoms. The predicted octanol–water partition coefficient (Wildman–Crippen LogP) is 4.27. The molecule has 1 amide bonds. The van der Waals surface area contributed by atoms with Gasteiger partial charge in [0, 0.05) is 17.6 Å². The third-order valence-corrected chi connectivity index (χ3v) is 5.97. The van der Waals surface area contributed by atoms with Crippen LogP contribution in [0.2, 0.25) is 0 Å². The molecule has 5 rings (SSSR count). The quantitative estimate of drug-likeness (QED) is 0.867. The van der Waals surface area contributed by atoms with E-state index in [0.29, 0.717) is 5.92 Å². The molecule has 3 fully saturated rings. The first-order valence-corrected chi connectivity index (χ1v) is 9.04. The summed E-state index contributed by atoms with van der Waals surface area (Å²) in [4.78, 5) is 15.1. The maximum Gasteiger partial charge on any atom is 0.416 e. The number of nitrogens with one attached hydrogen (secondary N) is 1. The third-order valence-electron chi connectivity index (χ3n) is 5.97. The highest BCUT2D eigenvalue weighted by molar-refractivity contribution is 5.94. The van der Waals surface area contributed by atoms with E-state index in [-0.39, 0.29) is 17.1 Å². The Morgan fingerprint density at radius 1 is 1.15 bits per heavy atom. The van der Waals surface area contributed by atoms with Crippen LogP contribution >= 0.6 is 0 Å². The van der Waals surface area contributed by atoms with Gasteiger partial charge in [0.05, 0.1) is 11.6 Å². The molecule has 3 aliphatic rings. The molecular formula is C21H21F3N2O. The topological polar surface area (TPSA) is 32.3 Å². The summed E-state index contributed by atoms with van der Waals surface area (Å²) in [5, 5.41) is 3.03. The summed E-state index contributed by atoms with van der Waals surface area (Å²) in [6, 6.07) is 14.0. The SMILES string of the molecule is CN1CC2CC1(C(NC(=O)c1cccc(C(F)(F)F)c1)c1ccccc1)C2. The molecule has 0 spiro atoms. The second kappa shape index (κ2) is 6.37. The maximum absolute atomic E-state index is 13.0. The number of carbonyl (C=O) groups is 1. The molecular weight excluding hydrogens is 353 g/mol. The van der Waals surface area contributed by atoms with Crippen molar-refractivity contribution in [1.29, 1.82) is 0 Å². The first-order valence-electron chi connectivity index (χ1n) is 9.04. The summed E-state index contributed by atoms with van der Waals surface area (Å²) in [6.07, 6.45) is -2.49. The lowest BCUT2D eigenvalue weighted by Gasteiger charge is -2.47. The number of nitrogens with zero attached hydrogens (tertiary/aromatic N) is 1. The van der Waals surface area contributed by atoms with Crippen molar-refractivity contribution in [3.63, 3.8) is 0 Å². The average molecular weight is 374 g/mol. The summed E-state index contributed by atoms with van der Waals surface area (Å²) in [5.41, 5.74) is 0.0264. The van der Waals surface area contributed by atoms with E-state index in [9.17, 15) is 18.0 Å². The van der Waals surface area contributed by atoms with Gasteiger partial charge in [-0.3, -0.25) is 9.69 Å². The number of alkyl halides is 3. The van der Waals surface area contributed by atoms with Crippen LogP contribution in [0.25, 0.3) is 0 Å².